The predicted octanol–water partition coefficient (Wildman–Crippen LogP) is 4.22. The van der Waals surface area contributed by atoms with Crippen LogP contribution in [0.5, 0.6) is 5.75 Å². The van der Waals surface area contributed by atoms with Gasteiger partial charge in [-0.3, -0.25) is 9.48 Å². The van der Waals surface area contributed by atoms with Crippen LogP contribution in [0.2, 0.25) is 0 Å². The Labute approximate surface area is 212 Å². The molecule has 11 heteroatoms. The van der Waals surface area contributed by atoms with Gasteiger partial charge in [-0.05, 0) is 42.7 Å². The van der Waals surface area contributed by atoms with Crippen molar-refractivity contribution in [3.8, 4) is 5.75 Å². The van der Waals surface area contributed by atoms with E-state index in [9.17, 15) is 9.18 Å². The molecule has 0 aliphatic carbocycles. The van der Waals surface area contributed by atoms with Gasteiger partial charge < -0.3 is 14.8 Å². The van der Waals surface area contributed by atoms with Crippen LogP contribution >= 0.6 is 0 Å². The molecule has 1 fully saturated rings. The number of rotatable bonds is 7. The van der Waals surface area contributed by atoms with Gasteiger partial charge >= 0.3 is 0 Å². The lowest BCUT2D eigenvalue weighted by molar-refractivity contribution is 0.00203. The van der Waals surface area contributed by atoms with Crippen LogP contribution in [0.15, 0.2) is 55.0 Å². The first kappa shape index (κ1) is 24.6. The molecule has 1 atom stereocenters. The molecule has 3 heterocycles. The van der Waals surface area contributed by atoms with Crippen LogP contribution in [0.4, 0.5) is 14.8 Å². The Kier molecular flexibility index (Phi) is 6.95. The number of halogens is 2. The molecule has 0 radical (unpaired) electrons. The SMILES string of the molecule is COc1ccc([C@H](c2cnn(C)c2)N(F)C(=O)c2ccc3cnc(NC4CCOCC4)nc3c2)cc1F. The second-order valence-electron chi connectivity index (χ2n) is 8.86. The Bertz CT molecular complexity index is 1420. The van der Waals surface area contributed by atoms with Gasteiger partial charge in [-0.1, -0.05) is 16.6 Å². The third kappa shape index (κ3) is 5.21. The van der Waals surface area contributed by atoms with Crippen LogP contribution < -0.4 is 10.1 Å². The van der Waals surface area contributed by atoms with Crippen molar-refractivity contribution in [3.63, 3.8) is 0 Å². The van der Waals surface area contributed by atoms with Gasteiger partial charge in [-0.15, -0.1) is 0 Å². The maximum Gasteiger partial charge on any atom is 0.282 e. The van der Waals surface area contributed by atoms with E-state index in [-0.39, 0.29) is 28.0 Å². The van der Waals surface area contributed by atoms with Crippen LogP contribution in [0.3, 0.4) is 0 Å². The van der Waals surface area contributed by atoms with E-state index in [0.717, 1.165) is 18.9 Å². The molecule has 37 heavy (non-hydrogen) atoms. The highest BCUT2D eigenvalue weighted by molar-refractivity contribution is 5.97. The lowest BCUT2D eigenvalue weighted by atomic mass is 10.00. The van der Waals surface area contributed by atoms with Crippen molar-refractivity contribution in [2.45, 2.75) is 24.9 Å². The number of anilines is 1. The van der Waals surface area contributed by atoms with Crippen molar-refractivity contribution in [1.29, 1.82) is 0 Å². The first-order chi connectivity index (χ1) is 17.9. The number of ether oxygens (including phenoxy) is 2. The van der Waals surface area contributed by atoms with Crippen LogP contribution in [-0.2, 0) is 11.8 Å². The molecule has 9 nitrogen and oxygen atoms in total. The number of aryl methyl sites for hydroxylation is 1. The Morgan fingerprint density at radius 1 is 1.19 bits per heavy atom. The molecule has 1 aliphatic rings. The number of nitrogens with zero attached hydrogens (tertiary/aromatic N) is 5. The van der Waals surface area contributed by atoms with E-state index < -0.39 is 17.8 Å². The minimum absolute atomic E-state index is 0.0183. The zero-order chi connectivity index (χ0) is 25.9. The topological polar surface area (TPSA) is 94.4 Å². The lowest BCUT2D eigenvalue weighted by Gasteiger charge is -2.24. The molecule has 1 N–H and O–H groups in total. The molecule has 0 saturated carbocycles. The van der Waals surface area contributed by atoms with E-state index in [1.807, 2.05) is 0 Å². The third-order valence-corrected chi connectivity index (χ3v) is 6.34. The first-order valence-corrected chi connectivity index (χ1v) is 11.9. The number of fused-ring (bicyclic) bond motifs is 1. The summed E-state index contributed by atoms with van der Waals surface area (Å²) < 4.78 is 42.2. The Morgan fingerprint density at radius 3 is 2.70 bits per heavy atom. The molecule has 5 rings (SSSR count). The summed E-state index contributed by atoms with van der Waals surface area (Å²) in [5.74, 6) is -1.11. The number of nitrogens with one attached hydrogen (secondary N) is 1. The minimum atomic E-state index is -1.23. The molecule has 1 saturated heterocycles. The number of hydrogen-bond acceptors (Lipinski definition) is 7. The highest BCUT2D eigenvalue weighted by Crippen LogP contribution is 2.33. The average Bonchev–Trinajstić information content (AvgIpc) is 3.34. The van der Waals surface area contributed by atoms with Gasteiger partial charge in [0, 0.05) is 55.2 Å². The molecule has 192 valence electrons. The zero-order valence-corrected chi connectivity index (χ0v) is 20.4. The molecule has 0 spiro atoms. The van der Waals surface area contributed by atoms with Crippen LogP contribution in [0.1, 0.15) is 40.4 Å². The molecule has 4 aromatic rings. The van der Waals surface area contributed by atoms with Crippen molar-refractivity contribution in [3.05, 3.63) is 77.5 Å². The van der Waals surface area contributed by atoms with Gasteiger partial charge in [0.1, 0.15) is 6.04 Å². The quantitative estimate of drug-likeness (QED) is 0.374. The van der Waals surface area contributed by atoms with E-state index in [0.29, 0.717) is 35.6 Å². The third-order valence-electron chi connectivity index (χ3n) is 6.34. The molecule has 0 unspecified atom stereocenters. The molecular weight excluding hydrogens is 482 g/mol. The average molecular weight is 509 g/mol. The number of carbonyl (C=O) groups is 1. The summed E-state index contributed by atoms with van der Waals surface area (Å²) >= 11 is 0. The number of carbonyl (C=O) groups excluding carboxylic acids is 1. The van der Waals surface area contributed by atoms with Crippen molar-refractivity contribution in [2.24, 2.45) is 7.05 Å². The number of benzene rings is 2. The molecule has 1 amide bonds. The van der Waals surface area contributed by atoms with Crippen molar-refractivity contribution in [1.82, 2.24) is 24.9 Å². The number of methoxy groups -OCH3 is 1. The maximum atomic E-state index is 15.9. The second kappa shape index (κ2) is 10.5. The largest absolute Gasteiger partial charge is 0.494 e. The number of aromatic nitrogens is 4. The van der Waals surface area contributed by atoms with Gasteiger partial charge in [-0.25, -0.2) is 14.4 Å². The maximum absolute atomic E-state index is 15.9. The number of amides is 1. The predicted molar refractivity (Wildman–Crippen MR) is 132 cm³/mol. The standard InChI is InChI=1S/C26H26F2N6O3/c1-33-15-19(14-30-33)24(16-5-6-23(36-2)21(27)11-16)34(28)25(35)17-3-4-18-13-29-26(32-22(18)12-17)31-20-7-9-37-10-8-20/h3-6,11-15,20,24H,7-10H2,1-2H3,(H,29,31,32)/t24-/m1/s1. The van der Waals surface area contributed by atoms with Crippen LogP contribution in [0, 0.1) is 5.82 Å². The highest BCUT2D eigenvalue weighted by Gasteiger charge is 2.30. The smallest absolute Gasteiger partial charge is 0.282 e. The van der Waals surface area contributed by atoms with E-state index in [4.69, 9.17) is 9.47 Å². The molecule has 2 aromatic carbocycles. The van der Waals surface area contributed by atoms with E-state index in [1.165, 1.54) is 42.3 Å². The van der Waals surface area contributed by atoms with Gasteiger partial charge in [0.05, 0.1) is 18.8 Å². The summed E-state index contributed by atoms with van der Waals surface area (Å²) in [6, 6.07) is 7.74. The highest BCUT2D eigenvalue weighted by atomic mass is 19.2. The normalized spacial score (nSPS) is 14.9. The molecule has 2 aromatic heterocycles. The first-order valence-electron chi connectivity index (χ1n) is 11.9. The van der Waals surface area contributed by atoms with Crippen LogP contribution in [0.25, 0.3) is 10.9 Å². The number of hydrogen-bond donors (Lipinski definition) is 1. The van der Waals surface area contributed by atoms with Crippen molar-refractivity contribution in [2.75, 3.05) is 25.6 Å². The van der Waals surface area contributed by atoms with Gasteiger partial charge in [0.15, 0.2) is 11.6 Å². The van der Waals surface area contributed by atoms with E-state index in [2.05, 4.69) is 20.4 Å². The summed E-state index contributed by atoms with van der Waals surface area (Å²) in [4.78, 5) is 22.2. The summed E-state index contributed by atoms with van der Waals surface area (Å²) in [7, 11) is 3.02. The minimum Gasteiger partial charge on any atom is -0.494 e. The second-order valence-corrected chi connectivity index (χ2v) is 8.86. The summed E-state index contributed by atoms with van der Waals surface area (Å²) in [6.07, 6.45) is 6.37. The Morgan fingerprint density at radius 2 is 2.00 bits per heavy atom. The molecule has 1 aliphatic heterocycles. The lowest BCUT2D eigenvalue weighted by Crippen LogP contribution is -2.29. The fraction of sp³-hybridized carbons (Fsp3) is 0.308. The molecule has 0 bridgehead atoms. The van der Waals surface area contributed by atoms with E-state index in [1.54, 1.807) is 25.5 Å². The van der Waals surface area contributed by atoms with Crippen molar-refractivity contribution >= 4 is 22.8 Å². The summed E-state index contributed by atoms with van der Waals surface area (Å²) in [5.41, 5.74) is 1.20. The van der Waals surface area contributed by atoms with Crippen LogP contribution in [-0.4, -0.2) is 57.1 Å². The summed E-state index contributed by atoms with van der Waals surface area (Å²) in [6.45, 7) is 1.35. The summed E-state index contributed by atoms with van der Waals surface area (Å²) in [5, 5.41) is 8.18. The molecular formula is C26H26F2N6O3. The Balaban J connectivity index is 1.45. The van der Waals surface area contributed by atoms with Gasteiger partial charge in [0.2, 0.25) is 5.95 Å². The monoisotopic (exact) mass is 508 g/mol. The fourth-order valence-electron chi connectivity index (χ4n) is 4.38. The zero-order valence-electron chi connectivity index (χ0n) is 20.4. The van der Waals surface area contributed by atoms with Gasteiger partial charge in [-0.2, -0.15) is 10.2 Å². The van der Waals surface area contributed by atoms with Gasteiger partial charge in [0.25, 0.3) is 5.91 Å². The Hall–Kier alpha value is -4.12. The van der Waals surface area contributed by atoms with E-state index >= 15 is 4.48 Å². The van der Waals surface area contributed by atoms with Crippen molar-refractivity contribution < 1.29 is 23.1 Å². The fourth-order valence-corrected chi connectivity index (χ4v) is 4.38.